The Bertz CT molecular complexity index is 1330. The summed E-state index contributed by atoms with van der Waals surface area (Å²) in [6.45, 7) is 10.7. The van der Waals surface area contributed by atoms with E-state index in [-0.39, 0.29) is 28.2 Å². The molecule has 1 aliphatic heterocycles. The molecule has 4 rings (SSSR count). The van der Waals surface area contributed by atoms with Gasteiger partial charge in [-0.1, -0.05) is 69.2 Å². The van der Waals surface area contributed by atoms with Crippen LogP contribution in [-0.2, 0) is 26.6 Å². The summed E-state index contributed by atoms with van der Waals surface area (Å²) in [6, 6.07) is 14.9. The molecule has 1 saturated heterocycles. The van der Waals surface area contributed by atoms with E-state index in [2.05, 4.69) is 53.3 Å². The van der Waals surface area contributed by atoms with E-state index in [9.17, 15) is 13.2 Å². The first-order valence-corrected chi connectivity index (χ1v) is 15.1. The quantitative estimate of drug-likeness (QED) is 0.434. The minimum atomic E-state index is -3.25. The molecular weight excluding hydrogens is 500 g/mol. The molecular formula is C29H38N4O4S. The highest BCUT2D eigenvalue weighted by molar-refractivity contribution is 7.90. The van der Waals surface area contributed by atoms with Gasteiger partial charge in [0.05, 0.1) is 17.5 Å². The maximum atomic E-state index is 13.0. The number of benzene rings is 2. The molecule has 2 heterocycles. The molecule has 9 heteroatoms. The Morgan fingerprint density at radius 3 is 2.26 bits per heavy atom. The zero-order valence-electron chi connectivity index (χ0n) is 22.9. The lowest BCUT2D eigenvalue weighted by Crippen LogP contribution is -2.41. The summed E-state index contributed by atoms with van der Waals surface area (Å²) in [5.74, 6) is 1.15. The van der Waals surface area contributed by atoms with Crippen LogP contribution in [0.5, 0.6) is 0 Å². The maximum absolute atomic E-state index is 13.0. The number of nitrogens with one attached hydrogen (secondary N) is 1. The van der Waals surface area contributed by atoms with Crippen molar-refractivity contribution in [3.8, 4) is 11.4 Å². The zero-order valence-corrected chi connectivity index (χ0v) is 23.7. The van der Waals surface area contributed by atoms with Crippen LogP contribution in [0.1, 0.15) is 70.0 Å². The van der Waals surface area contributed by atoms with Gasteiger partial charge in [0.25, 0.3) is 0 Å². The number of sulfone groups is 1. The number of carbonyl (C=O) groups is 1. The van der Waals surface area contributed by atoms with Gasteiger partial charge >= 0.3 is 0 Å². The van der Waals surface area contributed by atoms with Crippen LogP contribution in [0.4, 0.5) is 0 Å². The zero-order chi connectivity index (χ0) is 27.5. The highest BCUT2D eigenvalue weighted by Crippen LogP contribution is 2.26. The number of hydrogen-bond donors (Lipinski definition) is 1. The Hall–Kier alpha value is -3.04. The molecule has 0 spiro atoms. The first kappa shape index (κ1) is 28.0. The van der Waals surface area contributed by atoms with Crippen molar-refractivity contribution in [2.75, 3.05) is 19.3 Å². The molecule has 1 amide bonds. The standard InChI is InChI=1S/C29H38N4O4S/c1-6-25(20-9-13-24(14-10-20)38(5,35)36)30-28(34)22-15-17-33(18-16-22)19-26-31-27(32-37-26)21-7-11-23(12-8-21)29(2,3)4/h7-14,22,25H,6,15-19H2,1-5H3,(H,30,34). The predicted molar refractivity (Wildman–Crippen MR) is 147 cm³/mol. The van der Waals surface area contributed by atoms with Gasteiger partial charge in [0.2, 0.25) is 17.6 Å². The van der Waals surface area contributed by atoms with Crippen molar-refractivity contribution < 1.29 is 17.7 Å². The minimum absolute atomic E-state index is 0.0440. The smallest absolute Gasteiger partial charge is 0.241 e. The van der Waals surface area contributed by atoms with Crippen LogP contribution in [0.2, 0.25) is 0 Å². The SMILES string of the molecule is CCC(NC(=O)C1CCN(Cc2nc(-c3ccc(C(C)(C)C)cc3)no2)CC1)c1ccc(S(C)(=O)=O)cc1. The van der Waals surface area contributed by atoms with Crippen molar-refractivity contribution in [1.29, 1.82) is 0 Å². The molecule has 0 radical (unpaired) electrons. The Morgan fingerprint density at radius 1 is 1.08 bits per heavy atom. The number of rotatable bonds is 8. The lowest BCUT2D eigenvalue weighted by molar-refractivity contribution is -0.127. The molecule has 1 unspecified atom stereocenters. The van der Waals surface area contributed by atoms with Crippen molar-refractivity contribution in [2.24, 2.45) is 5.92 Å². The van der Waals surface area contributed by atoms with E-state index in [1.807, 2.05) is 19.1 Å². The highest BCUT2D eigenvalue weighted by atomic mass is 32.2. The molecule has 1 atom stereocenters. The van der Waals surface area contributed by atoms with Crippen LogP contribution in [0.25, 0.3) is 11.4 Å². The molecule has 1 N–H and O–H groups in total. The van der Waals surface area contributed by atoms with Gasteiger partial charge < -0.3 is 9.84 Å². The van der Waals surface area contributed by atoms with Crippen molar-refractivity contribution in [2.45, 2.75) is 69.9 Å². The minimum Gasteiger partial charge on any atom is -0.349 e. The van der Waals surface area contributed by atoms with Gasteiger partial charge in [-0.05, 0) is 61.0 Å². The molecule has 3 aromatic rings. The van der Waals surface area contributed by atoms with Gasteiger partial charge in [-0.25, -0.2) is 8.42 Å². The lowest BCUT2D eigenvalue weighted by Gasteiger charge is -2.31. The topological polar surface area (TPSA) is 105 Å². The van der Waals surface area contributed by atoms with Gasteiger partial charge in [0.15, 0.2) is 9.84 Å². The Kier molecular flexibility index (Phi) is 8.37. The molecule has 0 saturated carbocycles. The van der Waals surface area contributed by atoms with Gasteiger partial charge in [-0.15, -0.1) is 0 Å². The Balaban J connectivity index is 1.28. The van der Waals surface area contributed by atoms with E-state index in [0.717, 1.165) is 43.5 Å². The summed E-state index contributed by atoms with van der Waals surface area (Å²) >= 11 is 0. The van der Waals surface area contributed by atoms with Crippen LogP contribution in [-0.4, -0.2) is 48.7 Å². The molecule has 1 aromatic heterocycles. The normalized spacial score (nSPS) is 16.3. The van der Waals surface area contributed by atoms with Gasteiger partial charge in [-0.2, -0.15) is 4.98 Å². The predicted octanol–water partition coefficient (Wildman–Crippen LogP) is 4.92. The first-order valence-electron chi connectivity index (χ1n) is 13.2. The number of aromatic nitrogens is 2. The molecule has 1 aliphatic rings. The molecule has 1 fully saturated rings. The Labute approximate surface area is 225 Å². The van der Waals surface area contributed by atoms with E-state index >= 15 is 0 Å². The molecule has 0 aliphatic carbocycles. The fourth-order valence-electron chi connectivity index (χ4n) is 4.76. The second-order valence-corrected chi connectivity index (χ2v) is 13.2. The third-order valence-corrected chi connectivity index (χ3v) is 8.36. The second-order valence-electron chi connectivity index (χ2n) is 11.2. The summed E-state index contributed by atoms with van der Waals surface area (Å²) in [5.41, 5.74) is 3.19. The highest BCUT2D eigenvalue weighted by Gasteiger charge is 2.27. The van der Waals surface area contributed by atoms with E-state index in [4.69, 9.17) is 4.52 Å². The molecule has 2 aromatic carbocycles. The van der Waals surface area contributed by atoms with Crippen LogP contribution in [0.15, 0.2) is 57.9 Å². The molecule has 8 nitrogen and oxygen atoms in total. The van der Waals surface area contributed by atoms with Crippen LogP contribution < -0.4 is 5.32 Å². The van der Waals surface area contributed by atoms with Gasteiger partial charge in [0.1, 0.15) is 0 Å². The van der Waals surface area contributed by atoms with Gasteiger partial charge in [0, 0.05) is 17.7 Å². The van der Waals surface area contributed by atoms with Crippen LogP contribution in [0.3, 0.4) is 0 Å². The third kappa shape index (κ3) is 6.88. The van der Waals surface area contributed by atoms with Crippen molar-refractivity contribution >= 4 is 15.7 Å². The molecule has 0 bridgehead atoms. The summed E-state index contributed by atoms with van der Waals surface area (Å²) < 4.78 is 29.0. The van der Waals surface area contributed by atoms with E-state index in [1.54, 1.807) is 24.3 Å². The summed E-state index contributed by atoms with van der Waals surface area (Å²) in [4.78, 5) is 20.1. The largest absolute Gasteiger partial charge is 0.349 e. The summed E-state index contributed by atoms with van der Waals surface area (Å²) in [7, 11) is -3.25. The van der Waals surface area contributed by atoms with Crippen LogP contribution >= 0.6 is 0 Å². The number of hydrogen-bond acceptors (Lipinski definition) is 7. The second kappa shape index (κ2) is 11.4. The summed E-state index contributed by atoms with van der Waals surface area (Å²) in [5, 5.41) is 7.33. The average molecular weight is 539 g/mol. The molecule has 204 valence electrons. The van der Waals surface area contributed by atoms with Crippen molar-refractivity contribution in [3.63, 3.8) is 0 Å². The van der Waals surface area contributed by atoms with Crippen LogP contribution in [0, 0.1) is 5.92 Å². The fraction of sp³-hybridized carbons (Fsp3) is 0.483. The average Bonchev–Trinajstić information content (AvgIpc) is 3.35. The number of piperidine rings is 1. The molecule has 38 heavy (non-hydrogen) atoms. The van der Waals surface area contributed by atoms with E-state index in [0.29, 0.717) is 18.3 Å². The van der Waals surface area contributed by atoms with E-state index in [1.165, 1.54) is 11.8 Å². The number of likely N-dealkylation sites (tertiary alicyclic amines) is 1. The number of amides is 1. The van der Waals surface area contributed by atoms with Crippen molar-refractivity contribution in [3.05, 3.63) is 65.5 Å². The number of carbonyl (C=O) groups excluding carboxylic acids is 1. The van der Waals surface area contributed by atoms with Crippen molar-refractivity contribution in [1.82, 2.24) is 20.4 Å². The maximum Gasteiger partial charge on any atom is 0.241 e. The summed E-state index contributed by atoms with van der Waals surface area (Å²) in [6.07, 6.45) is 3.42. The monoisotopic (exact) mass is 538 g/mol. The van der Waals surface area contributed by atoms with Gasteiger partial charge in [-0.3, -0.25) is 9.69 Å². The third-order valence-electron chi connectivity index (χ3n) is 7.23. The first-order chi connectivity index (χ1) is 17.9. The fourth-order valence-corrected chi connectivity index (χ4v) is 5.39. The Morgan fingerprint density at radius 2 is 1.71 bits per heavy atom. The number of nitrogens with zero attached hydrogens (tertiary/aromatic N) is 3. The van der Waals surface area contributed by atoms with E-state index < -0.39 is 9.84 Å². The lowest BCUT2D eigenvalue weighted by atomic mass is 9.87.